The Labute approximate surface area is 134 Å². The van der Waals surface area contributed by atoms with Crippen LogP contribution < -0.4 is 10.6 Å². The number of tetrazole rings is 1. The number of H-pyrrole nitrogens is 1. The maximum Gasteiger partial charge on any atom is 0.407 e. The highest BCUT2D eigenvalue weighted by atomic mass is 16.5. The molecule has 1 aliphatic rings. The molecule has 1 aromatic carbocycles. The van der Waals surface area contributed by atoms with Crippen LogP contribution in [0.3, 0.4) is 0 Å². The van der Waals surface area contributed by atoms with E-state index in [1.807, 2.05) is 37.3 Å². The largest absolute Gasteiger partial charge is 0.445 e. The van der Waals surface area contributed by atoms with E-state index in [-0.39, 0.29) is 24.8 Å². The predicted molar refractivity (Wildman–Crippen MR) is 82.3 cm³/mol. The summed E-state index contributed by atoms with van der Waals surface area (Å²) in [6, 6.07) is 10.1. The number of hydrogen-bond acceptors (Lipinski definition) is 6. The zero-order valence-corrected chi connectivity index (χ0v) is 12.9. The number of amides is 1. The van der Waals surface area contributed by atoms with Crippen molar-refractivity contribution < 1.29 is 9.53 Å². The Balaban J connectivity index is 1.33. The molecule has 1 atom stereocenters. The van der Waals surface area contributed by atoms with Gasteiger partial charge in [-0.15, -0.1) is 10.2 Å². The lowest BCUT2D eigenvalue weighted by Crippen LogP contribution is -2.53. The third-order valence-electron chi connectivity index (χ3n) is 3.91. The number of rotatable bonds is 6. The lowest BCUT2D eigenvalue weighted by Gasteiger charge is -2.37. The Morgan fingerprint density at radius 1 is 1.35 bits per heavy atom. The lowest BCUT2D eigenvalue weighted by molar-refractivity contribution is 0.124. The van der Waals surface area contributed by atoms with Gasteiger partial charge in [-0.2, -0.15) is 5.21 Å². The summed E-state index contributed by atoms with van der Waals surface area (Å²) in [5, 5.41) is 20.2. The second-order valence-corrected chi connectivity index (χ2v) is 5.73. The Morgan fingerprint density at radius 2 is 2.13 bits per heavy atom. The van der Waals surface area contributed by atoms with Gasteiger partial charge in [-0.05, 0) is 25.3 Å². The molecule has 1 amide bonds. The molecule has 0 radical (unpaired) electrons. The van der Waals surface area contributed by atoms with Crippen LogP contribution in [-0.4, -0.2) is 38.8 Å². The monoisotopic (exact) mass is 316 g/mol. The molecule has 1 heterocycles. The van der Waals surface area contributed by atoms with Gasteiger partial charge in [0.1, 0.15) is 6.61 Å². The molecular weight excluding hydrogens is 296 g/mol. The Hall–Kier alpha value is -2.48. The molecular formula is C15H20N6O2. The highest BCUT2D eigenvalue weighted by molar-refractivity contribution is 5.67. The fraction of sp³-hybridized carbons (Fsp3) is 0.467. The van der Waals surface area contributed by atoms with E-state index in [2.05, 4.69) is 31.3 Å². The van der Waals surface area contributed by atoms with Crippen molar-refractivity contribution in [2.75, 3.05) is 0 Å². The number of carbonyl (C=O) groups excluding carboxylic acids is 1. The predicted octanol–water partition coefficient (Wildman–Crippen LogP) is 1.31. The molecule has 1 saturated carbocycles. The minimum atomic E-state index is -0.372. The number of nitrogens with one attached hydrogen (secondary N) is 3. The van der Waals surface area contributed by atoms with E-state index in [0.717, 1.165) is 18.4 Å². The van der Waals surface area contributed by atoms with E-state index >= 15 is 0 Å². The van der Waals surface area contributed by atoms with E-state index in [4.69, 9.17) is 4.74 Å². The normalized spacial score (nSPS) is 21.3. The maximum absolute atomic E-state index is 11.7. The summed E-state index contributed by atoms with van der Waals surface area (Å²) in [4.78, 5) is 11.7. The van der Waals surface area contributed by atoms with Gasteiger partial charge in [-0.25, -0.2) is 4.79 Å². The smallest absolute Gasteiger partial charge is 0.407 e. The summed E-state index contributed by atoms with van der Waals surface area (Å²) in [6.07, 6.45) is 1.36. The second-order valence-electron chi connectivity index (χ2n) is 5.73. The van der Waals surface area contributed by atoms with Crippen LogP contribution >= 0.6 is 0 Å². The standard InChI is InChI=1S/C15H20N6O2/c1-10(14-18-20-21-19-14)16-12-7-13(8-12)17-15(22)23-9-11-5-3-2-4-6-11/h2-6,10,12-13,16H,7-9H2,1H3,(H,17,22)(H,18,19,20,21). The van der Waals surface area contributed by atoms with E-state index < -0.39 is 0 Å². The minimum absolute atomic E-state index is 0.0322. The maximum atomic E-state index is 11.7. The van der Waals surface area contributed by atoms with Crippen molar-refractivity contribution in [3.05, 3.63) is 41.7 Å². The van der Waals surface area contributed by atoms with Gasteiger partial charge in [0.05, 0.1) is 6.04 Å². The average molecular weight is 316 g/mol. The van der Waals surface area contributed by atoms with E-state index in [9.17, 15) is 4.79 Å². The third kappa shape index (κ3) is 4.26. The molecule has 1 fully saturated rings. The molecule has 0 bridgehead atoms. The van der Waals surface area contributed by atoms with Crippen LogP contribution in [0, 0.1) is 0 Å². The molecule has 8 nitrogen and oxygen atoms in total. The van der Waals surface area contributed by atoms with Crippen molar-refractivity contribution in [1.82, 2.24) is 31.3 Å². The molecule has 8 heteroatoms. The van der Waals surface area contributed by atoms with Crippen molar-refractivity contribution in [1.29, 1.82) is 0 Å². The first-order valence-corrected chi connectivity index (χ1v) is 7.67. The topological polar surface area (TPSA) is 105 Å². The van der Waals surface area contributed by atoms with Gasteiger partial charge in [0.15, 0.2) is 5.82 Å². The van der Waals surface area contributed by atoms with Crippen molar-refractivity contribution in [2.45, 2.75) is 44.5 Å². The van der Waals surface area contributed by atoms with E-state index in [1.165, 1.54) is 0 Å². The lowest BCUT2D eigenvalue weighted by atomic mass is 9.86. The number of carbonyl (C=O) groups is 1. The summed E-state index contributed by atoms with van der Waals surface area (Å²) >= 11 is 0. The molecule has 3 rings (SSSR count). The van der Waals surface area contributed by atoms with Crippen molar-refractivity contribution >= 4 is 6.09 Å². The molecule has 0 aliphatic heterocycles. The molecule has 1 aliphatic carbocycles. The van der Waals surface area contributed by atoms with Crippen LogP contribution in [0.1, 0.15) is 37.2 Å². The molecule has 0 saturated heterocycles. The number of nitrogens with zero attached hydrogens (tertiary/aromatic N) is 3. The quantitative estimate of drug-likeness (QED) is 0.742. The highest BCUT2D eigenvalue weighted by Crippen LogP contribution is 2.22. The van der Waals surface area contributed by atoms with Gasteiger partial charge < -0.3 is 15.4 Å². The third-order valence-corrected chi connectivity index (χ3v) is 3.91. The van der Waals surface area contributed by atoms with Gasteiger partial charge in [0, 0.05) is 12.1 Å². The van der Waals surface area contributed by atoms with Crippen LogP contribution in [0.4, 0.5) is 4.79 Å². The Kier molecular flexibility index (Phi) is 4.82. The first-order valence-electron chi connectivity index (χ1n) is 7.67. The second kappa shape index (κ2) is 7.19. The highest BCUT2D eigenvalue weighted by Gasteiger charge is 2.32. The van der Waals surface area contributed by atoms with Crippen molar-refractivity contribution in [3.8, 4) is 0 Å². The van der Waals surface area contributed by atoms with Gasteiger partial charge >= 0.3 is 6.09 Å². The molecule has 122 valence electrons. The number of aromatic nitrogens is 4. The number of ether oxygens (including phenoxy) is 1. The summed E-state index contributed by atoms with van der Waals surface area (Å²) in [5.41, 5.74) is 0.977. The van der Waals surface area contributed by atoms with Crippen molar-refractivity contribution in [2.24, 2.45) is 0 Å². The zero-order valence-electron chi connectivity index (χ0n) is 12.9. The summed E-state index contributed by atoms with van der Waals surface area (Å²) in [6.45, 7) is 2.27. The molecule has 2 aromatic rings. The van der Waals surface area contributed by atoms with Crippen LogP contribution in [0.2, 0.25) is 0 Å². The van der Waals surface area contributed by atoms with Crippen LogP contribution in [0.15, 0.2) is 30.3 Å². The molecule has 3 N–H and O–H groups in total. The van der Waals surface area contributed by atoms with E-state index in [0.29, 0.717) is 11.9 Å². The summed E-state index contributed by atoms with van der Waals surface area (Å²) < 4.78 is 5.21. The molecule has 23 heavy (non-hydrogen) atoms. The Morgan fingerprint density at radius 3 is 2.83 bits per heavy atom. The molecule has 1 unspecified atom stereocenters. The first-order chi connectivity index (χ1) is 11.2. The summed E-state index contributed by atoms with van der Waals surface area (Å²) in [5.74, 6) is 0.642. The van der Waals surface area contributed by atoms with Crippen LogP contribution in [0.25, 0.3) is 0 Å². The van der Waals surface area contributed by atoms with Gasteiger partial charge in [0.2, 0.25) is 0 Å². The minimum Gasteiger partial charge on any atom is -0.445 e. The summed E-state index contributed by atoms with van der Waals surface area (Å²) in [7, 11) is 0. The zero-order chi connectivity index (χ0) is 16.1. The van der Waals surface area contributed by atoms with Crippen LogP contribution in [-0.2, 0) is 11.3 Å². The van der Waals surface area contributed by atoms with E-state index in [1.54, 1.807) is 0 Å². The van der Waals surface area contributed by atoms with Gasteiger partial charge in [0.25, 0.3) is 0 Å². The molecule has 0 spiro atoms. The Bertz CT molecular complexity index is 612. The number of hydrogen-bond donors (Lipinski definition) is 3. The van der Waals surface area contributed by atoms with Crippen molar-refractivity contribution in [3.63, 3.8) is 0 Å². The van der Waals surface area contributed by atoms with Gasteiger partial charge in [-0.1, -0.05) is 35.5 Å². The first kappa shape index (κ1) is 15.4. The number of benzene rings is 1. The fourth-order valence-electron chi connectivity index (χ4n) is 2.58. The number of alkyl carbamates (subject to hydrolysis) is 1. The fourth-order valence-corrected chi connectivity index (χ4v) is 2.58. The van der Waals surface area contributed by atoms with Crippen LogP contribution in [0.5, 0.6) is 0 Å². The molecule has 1 aromatic heterocycles. The SMILES string of the molecule is CC(NC1CC(NC(=O)OCc2ccccc2)C1)c1nn[nH]n1. The average Bonchev–Trinajstić information content (AvgIpc) is 3.06. The van der Waals surface area contributed by atoms with Gasteiger partial charge in [-0.3, -0.25) is 0 Å². The number of aromatic amines is 1.